The Bertz CT molecular complexity index is 2240. The number of hydrogen-bond donors (Lipinski definition) is 2. The zero-order valence-corrected chi connectivity index (χ0v) is 24.8. The predicted molar refractivity (Wildman–Crippen MR) is 176 cm³/mol. The maximum atomic E-state index is 13.0. The fourth-order valence-corrected chi connectivity index (χ4v) is 5.35. The van der Waals surface area contributed by atoms with Gasteiger partial charge in [-0.3, -0.25) is 9.36 Å². The van der Waals surface area contributed by atoms with Crippen molar-refractivity contribution in [2.75, 3.05) is 5.73 Å². The van der Waals surface area contributed by atoms with Gasteiger partial charge in [0, 0.05) is 35.2 Å². The summed E-state index contributed by atoms with van der Waals surface area (Å²) in [6.45, 7) is 2.22. The lowest BCUT2D eigenvalue weighted by molar-refractivity contribution is 0.0951. The van der Waals surface area contributed by atoms with Gasteiger partial charge in [-0.1, -0.05) is 42.5 Å². The number of nitrogens with zero attached hydrogens (tertiary/aromatic N) is 7. The van der Waals surface area contributed by atoms with E-state index in [0.29, 0.717) is 40.7 Å². The van der Waals surface area contributed by atoms with Crippen LogP contribution in [0.25, 0.3) is 45.2 Å². The van der Waals surface area contributed by atoms with Gasteiger partial charge < -0.3 is 11.1 Å². The first-order valence-electron chi connectivity index (χ1n) is 14.6. The lowest BCUT2D eigenvalue weighted by Crippen LogP contribution is -2.22. The van der Waals surface area contributed by atoms with Gasteiger partial charge in [-0.25, -0.2) is 19.6 Å². The highest BCUT2D eigenvalue weighted by Crippen LogP contribution is 2.31. The Morgan fingerprint density at radius 1 is 0.891 bits per heavy atom. The first-order chi connectivity index (χ1) is 22.5. The van der Waals surface area contributed by atoms with E-state index in [1.165, 1.54) is 0 Å². The Balaban J connectivity index is 1.15. The number of carbonyl (C=O) groups excluding carboxylic acids is 1. The average Bonchev–Trinajstić information content (AvgIpc) is 3.68. The number of benzene rings is 3. The number of imidazole rings is 1. The summed E-state index contributed by atoms with van der Waals surface area (Å²) in [6.07, 6.45) is 1.65. The molecule has 0 saturated carbocycles. The van der Waals surface area contributed by atoms with E-state index in [1.54, 1.807) is 29.1 Å². The van der Waals surface area contributed by atoms with Crippen LogP contribution in [0.4, 0.5) is 5.82 Å². The van der Waals surface area contributed by atoms with Gasteiger partial charge in [0.05, 0.1) is 16.9 Å². The second-order valence-corrected chi connectivity index (χ2v) is 10.7. The van der Waals surface area contributed by atoms with Gasteiger partial charge in [0.2, 0.25) is 0 Å². The Morgan fingerprint density at radius 2 is 1.65 bits per heavy atom. The molecule has 0 unspecified atom stereocenters. The van der Waals surface area contributed by atoms with Gasteiger partial charge in [-0.15, -0.1) is 0 Å². The molecule has 0 bridgehead atoms. The van der Waals surface area contributed by atoms with Crippen LogP contribution in [0.1, 0.15) is 27.3 Å². The van der Waals surface area contributed by atoms with Crippen molar-refractivity contribution in [3.05, 3.63) is 138 Å². The highest BCUT2D eigenvalue weighted by molar-refractivity contribution is 5.94. The SMILES string of the molecule is Cc1cc(C#N)nn1-c1ccc(C(=O)NCc2ccc(-n3c(-c4cccnc4N)nc4ccc(-c5ccccc5)nc43)cc2)cc1. The number of pyridine rings is 2. The lowest BCUT2D eigenvalue weighted by atomic mass is 10.1. The van der Waals surface area contributed by atoms with Crippen molar-refractivity contribution in [2.45, 2.75) is 13.5 Å². The quantitative estimate of drug-likeness (QED) is 0.227. The molecule has 3 aromatic carbocycles. The molecule has 0 atom stereocenters. The molecule has 7 aromatic rings. The van der Waals surface area contributed by atoms with Crippen LogP contribution in [0.3, 0.4) is 0 Å². The number of nitrogen functional groups attached to an aromatic ring is 1. The van der Waals surface area contributed by atoms with E-state index < -0.39 is 0 Å². The van der Waals surface area contributed by atoms with Crippen LogP contribution in [0.5, 0.6) is 0 Å². The molecule has 7 rings (SSSR count). The van der Waals surface area contributed by atoms with Crippen LogP contribution in [0, 0.1) is 18.3 Å². The number of amides is 1. The van der Waals surface area contributed by atoms with Crippen molar-refractivity contribution in [1.82, 2.24) is 34.6 Å². The van der Waals surface area contributed by atoms with Gasteiger partial charge in [-0.2, -0.15) is 10.4 Å². The number of aryl methyl sites for hydroxylation is 1. The minimum Gasteiger partial charge on any atom is -0.383 e. The second kappa shape index (κ2) is 11.8. The summed E-state index contributed by atoms with van der Waals surface area (Å²) >= 11 is 0. The van der Waals surface area contributed by atoms with E-state index in [9.17, 15) is 4.79 Å². The number of hydrogen-bond acceptors (Lipinski definition) is 7. The normalized spacial score (nSPS) is 11.0. The molecule has 0 saturated heterocycles. The zero-order valence-electron chi connectivity index (χ0n) is 24.8. The van der Waals surface area contributed by atoms with Crippen molar-refractivity contribution in [3.8, 4) is 40.1 Å². The molecule has 1 amide bonds. The molecule has 222 valence electrons. The number of aromatic nitrogens is 6. The van der Waals surface area contributed by atoms with Crippen LogP contribution in [0.15, 0.2) is 115 Å². The van der Waals surface area contributed by atoms with Gasteiger partial charge in [0.25, 0.3) is 5.91 Å². The third kappa shape index (κ3) is 5.33. The molecule has 0 aliphatic heterocycles. The zero-order chi connectivity index (χ0) is 31.6. The monoisotopic (exact) mass is 601 g/mol. The van der Waals surface area contributed by atoms with Crippen LogP contribution in [-0.2, 0) is 6.54 Å². The molecule has 10 heteroatoms. The summed E-state index contributed by atoms with van der Waals surface area (Å²) < 4.78 is 3.66. The molecular formula is C36H27N9O. The Labute approximate surface area is 264 Å². The van der Waals surface area contributed by atoms with Crippen LogP contribution in [-0.4, -0.2) is 35.2 Å². The van der Waals surface area contributed by atoms with Gasteiger partial charge >= 0.3 is 0 Å². The van der Waals surface area contributed by atoms with Crippen LogP contribution < -0.4 is 11.1 Å². The summed E-state index contributed by atoms with van der Waals surface area (Å²) in [4.78, 5) is 27.2. The number of nitriles is 1. The highest BCUT2D eigenvalue weighted by atomic mass is 16.1. The number of carbonyl (C=O) groups is 1. The fourth-order valence-electron chi connectivity index (χ4n) is 5.35. The largest absolute Gasteiger partial charge is 0.383 e. The number of nitrogens with two attached hydrogens (primary N) is 1. The van der Waals surface area contributed by atoms with E-state index in [1.807, 2.05) is 109 Å². The molecule has 0 spiro atoms. The van der Waals surface area contributed by atoms with E-state index in [-0.39, 0.29) is 5.91 Å². The summed E-state index contributed by atoms with van der Waals surface area (Å²) in [7, 11) is 0. The first-order valence-corrected chi connectivity index (χ1v) is 14.6. The van der Waals surface area contributed by atoms with Gasteiger partial charge in [0.1, 0.15) is 17.4 Å². The van der Waals surface area contributed by atoms with E-state index in [0.717, 1.165) is 39.4 Å². The molecule has 0 fully saturated rings. The Morgan fingerprint density at radius 3 is 2.37 bits per heavy atom. The Kier molecular flexibility index (Phi) is 7.25. The fraction of sp³-hybridized carbons (Fsp3) is 0.0556. The number of nitrogens with one attached hydrogen (secondary N) is 1. The van der Waals surface area contributed by atoms with Crippen LogP contribution >= 0.6 is 0 Å². The molecular weight excluding hydrogens is 574 g/mol. The smallest absolute Gasteiger partial charge is 0.251 e. The van der Waals surface area contributed by atoms with E-state index in [4.69, 9.17) is 21.0 Å². The minimum absolute atomic E-state index is 0.196. The number of anilines is 1. The number of rotatable bonds is 7. The maximum Gasteiger partial charge on any atom is 0.251 e. The van der Waals surface area contributed by atoms with Crippen molar-refractivity contribution in [2.24, 2.45) is 0 Å². The van der Waals surface area contributed by atoms with Gasteiger partial charge in [-0.05, 0) is 79.2 Å². The molecule has 4 aromatic heterocycles. The van der Waals surface area contributed by atoms with Crippen molar-refractivity contribution >= 4 is 22.9 Å². The topological polar surface area (TPSA) is 140 Å². The van der Waals surface area contributed by atoms with Crippen molar-refractivity contribution in [1.29, 1.82) is 5.26 Å². The van der Waals surface area contributed by atoms with Crippen molar-refractivity contribution < 1.29 is 4.79 Å². The van der Waals surface area contributed by atoms with Crippen LogP contribution in [0.2, 0.25) is 0 Å². The third-order valence-corrected chi connectivity index (χ3v) is 7.68. The summed E-state index contributed by atoms with van der Waals surface area (Å²) in [5.74, 6) is 0.816. The molecule has 3 N–H and O–H groups in total. The molecule has 0 aliphatic rings. The lowest BCUT2D eigenvalue weighted by Gasteiger charge is -2.12. The first kappa shape index (κ1) is 28.2. The standard InChI is InChI=1S/C36H27N9O/c1-23-20-27(21-37)43-45(23)29-15-11-26(12-16-29)36(46)40-22-24-9-13-28(14-10-24)44-34(30-8-5-19-39-33(30)38)42-32-18-17-31(41-35(32)44)25-6-3-2-4-7-25/h2-20H,22H2,1H3,(H2,38,39)(H,40,46). The number of fused-ring (bicyclic) bond motifs is 1. The predicted octanol–water partition coefficient (Wildman–Crippen LogP) is 6.03. The summed E-state index contributed by atoms with van der Waals surface area (Å²) in [6, 6.07) is 36.4. The summed E-state index contributed by atoms with van der Waals surface area (Å²) in [5.41, 5.74) is 14.5. The Hall–Kier alpha value is -6.60. The van der Waals surface area contributed by atoms with E-state index >= 15 is 0 Å². The molecule has 4 heterocycles. The molecule has 0 radical (unpaired) electrons. The molecule has 10 nitrogen and oxygen atoms in total. The molecule has 0 aliphatic carbocycles. The van der Waals surface area contributed by atoms with Crippen molar-refractivity contribution in [3.63, 3.8) is 0 Å². The summed E-state index contributed by atoms with van der Waals surface area (Å²) in [5, 5.41) is 16.4. The van der Waals surface area contributed by atoms with E-state index in [2.05, 4.69) is 15.4 Å². The highest BCUT2D eigenvalue weighted by Gasteiger charge is 2.19. The maximum absolute atomic E-state index is 13.0. The second-order valence-electron chi connectivity index (χ2n) is 10.7. The van der Waals surface area contributed by atoms with Gasteiger partial charge in [0.15, 0.2) is 17.2 Å². The third-order valence-electron chi connectivity index (χ3n) is 7.68. The molecule has 46 heavy (non-hydrogen) atoms. The minimum atomic E-state index is -0.196. The average molecular weight is 602 g/mol.